The smallest absolute Gasteiger partial charge is 0.307 e. The average molecular weight is 136 g/mol. The first-order valence-corrected chi connectivity index (χ1v) is 2.45. The lowest BCUT2D eigenvalue weighted by Crippen LogP contribution is -2.34. The molecule has 0 atom stereocenters. The van der Waals surface area contributed by atoms with Crippen molar-refractivity contribution in [2.45, 2.75) is 5.79 Å². The van der Waals surface area contributed by atoms with E-state index >= 15 is 0 Å². The monoisotopic (exact) mass is 136 g/mol. The van der Waals surface area contributed by atoms with E-state index in [2.05, 4.69) is 9.47 Å². The van der Waals surface area contributed by atoms with Crippen molar-refractivity contribution in [2.75, 3.05) is 13.3 Å². The Balaban J connectivity index is 2.50. The fourth-order valence-electron chi connectivity index (χ4n) is 0.493. The predicted molar refractivity (Wildman–Crippen MR) is 26.0 cm³/mol. The van der Waals surface area contributed by atoms with Gasteiger partial charge in [0.1, 0.15) is 12.5 Å². The molecule has 4 heteroatoms. The van der Waals surface area contributed by atoms with Crippen molar-refractivity contribution in [1.29, 1.82) is 0 Å². The van der Waals surface area contributed by atoms with E-state index in [0.717, 1.165) is 12.5 Å². The number of hydrogen-bond acceptors (Lipinski definition) is 2. The maximum Gasteiger partial charge on any atom is 0.307 e. The summed E-state index contributed by atoms with van der Waals surface area (Å²) in [5.41, 5.74) is 0. The van der Waals surface area contributed by atoms with E-state index < -0.39 is 19.1 Å². The van der Waals surface area contributed by atoms with E-state index in [1.165, 1.54) is 0 Å². The summed E-state index contributed by atoms with van der Waals surface area (Å²) in [5.74, 6) is -1.67. The number of rotatable bonds is 2. The lowest BCUT2D eigenvalue weighted by atomic mass is 10.3. The number of ether oxygens (including phenoxy) is 2. The Kier molecular flexibility index (Phi) is 1.55. The summed E-state index contributed by atoms with van der Waals surface area (Å²) < 4.78 is 32.6. The minimum atomic E-state index is -1.67. The van der Waals surface area contributed by atoms with Gasteiger partial charge in [0.15, 0.2) is 13.3 Å². The van der Waals surface area contributed by atoms with E-state index in [4.69, 9.17) is 0 Å². The summed E-state index contributed by atoms with van der Waals surface area (Å²) in [6.07, 6.45) is 2.25. The van der Waals surface area contributed by atoms with Gasteiger partial charge in [-0.3, -0.25) is 0 Å². The van der Waals surface area contributed by atoms with Crippen molar-refractivity contribution < 1.29 is 18.3 Å². The molecule has 0 saturated heterocycles. The maximum absolute atomic E-state index is 11.8. The number of hydrogen-bond donors (Lipinski definition) is 0. The van der Waals surface area contributed by atoms with Gasteiger partial charge in [0.2, 0.25) is 0 Å². The molecule has 0 aromatic heterocycles. The second-order valence-electron chi connectivity index (χ2n) is 1.69. The molecule has 0 aromatic rings. The standard InChI is InChI=1S/C5H6F2O2/c6-3-5(4-7)8-1-2-9-5/h1-2H,3-4H2. The van der Waals surface area contributed by atoms with E-state index in [-0.39, 0.29) is 0 Å². The quantitative estimate of drug-likeness (QED) is 0.566. The van der Waals surface area contributed by atoms with Gasteiger partial charge in [-0.1, -0.05) is 0 Å². The van der Waals surface area contributed by atoms with Crippen molar-refractivity contribution in [1.82, 2.24) is 0 Å². The largest absolute Gasteiger partial charge is 0.452 e. The van der Waals surface area contributed by atoms with Crippen LogP contribution in [0.1, 0.15) is 0 Å². The first-order valence-electron chi connectivity index (χ1n) is 2.45. The SMILES string of the molecule is FCC1(CF)OC=CO1. The van der Waals surface area contributed by atoms with Gasteiger partial charge in [-0.15, -0.1) is 0 Å². The summed E-state index contributed by atoms with van der Waals surface area (Å²) in [4.78, 5) is 0. The molecule has 52 valence electrons. The second-order valence-corrected chi connectivity index (χ2v) is 1.69. The van der Waals surface area contributed by atoms with Crippen LogP contribution in [0.2, 0.25) is 0 Å². The Hall–Kier alpha value is -0.800. The van der Waals surface area contributed by atoms with Crippen molar-refractivity contribution in [3.8, 4) is 0 Å². The molecule has 0 aliphatic carbocycles. The molecule has 0 amide bonds. The van der Waals surface area contributed by atoms with Gasteiger partial charge in [-0.2, -0.15) is 0 Å². The molecule has 0 saturated carbocycles. The van der Waals surface area contributed by atoms with E-state index in [1.54, 1.807) is 0 Å². The van der Waals surface area contributed by atoms with Gasteiger partial charge < -0.3 is 9.47 Å². The normalized spacial score (nSPS) is 21.1. The van der Waals surface area contributed by atoms with Crippen molar-refractivity contribution in [2.24, 2.45) is 0 Å². The summed E-state index contributed by atoms with van der Waals surface area (Å²) in [5, 5.41) is 0. The lowest BCUT2D eigenvalue weighted by molar-refractivity contribution is -0.164. The van der Waals surface area contributed by atoms with Crippen LogP contribution in [-0.4, -0.2) is 19.1 Å². The Morgan fingerprint density at radius 2 is 1.56 bits per heavy atom. The second kappa shape index (κ2) is 2.21. The van der Waals surface area contributed by atoms with Gasteiger partial charge in [-0.25, -0.2) is 8.78 Å². The molecule has 1 rings (SSSR count). The van der Waals surface area contributed by atoms with Crippen LogP contribution in [0.4, 0.5) is 8.78 Å². The first kappa shape index (κ1) is 6.32. The van der Waals surface area contributed by atoms with Crippen LogP contribution >= 0.6 is 0 Å². The Morgan fingerprint density at radius 1 is 1.11 bits per heavy atom. The highest BCUT2D eigenvalue weighted by molar-refractivity contribution is 4.82. The minimum Gasteiger partial charge on any atom is -0.452 e. The van der Waals surface area contributed by atoms with Crippen molar-refractivity contribution >= 4 is 0 Å². The van der Waals surface area contributed by atoms with Crippen LogP contribution in [0.25, 0.3) is 0 Å². The van der Waals surface area contributed by atoms with Crippen LogP contribution in [-0.2, 0) is 9.47 Å². The van der Waals surface area contributed by atoms with Crippen molar-refractivity contribution in [3.05, 3.63) is 12.5 Å². The van der Waals surface area contributed by atoms with E-state index in [0.29, 0.717) is 0 Å². The first-order chi connectivity index (χ1) is 4.33. The maximum atomic E-state index is 11.8. The predicted octanol–water partition coefficient (Wildman–Crippen LogP) is 1.14. The molecule has 0 fully saturated rings. The van der Waals surface area contributed by atoms with Crippen LogP contribution in [0.15, 0.2) is 12.5 Å². The topological polar surface area (TPSA) is 18.5 Å². The lowest BCUT2D eigenvalue weighted by Gasteiger charge is -2.19. The average Bonchev–Trinajstić information content (AvgIpc) is 2.36. The third-order valence-electron chi connectivity index (χ3n) is 1.03. The third kappa shape index (κ3) is 0.966. The molecule has 1 heterocycles. The highest BCUT2D eigenvalue weighted by Gasteiger charge is 2.36. The molecule has 9 heavy (non-hydrogen) atoms. The highest BCUT2D eigenvalue weighted by atomic mass is 19.1. The van der Waals surface area contributed by atoms with Gasteiger partial charge in [-0.05, 0) is 0 Å². The summed E-state index contributed by atoms with van der Waals surface area (Å²) in [6, 6.07) is 0. The molecule has 0 spiro atoms. The van der Waals surface area contributed by atoms with Crippen molar-refractivity contribution in [3.63, 3.8) is 0 Å². The molecular formula is C5H6F2O2. The zero-order valence-corrected chi connectivity index (χ0v) is 4.64. The van der Waals surface area contributed by atoms with E-state index in [9.17, 15) is 8.78 Å². The Bertz CT molecular complexity index is 110. The molecule has 0 N–H and O–H groups in total. The molecular weight excluding hydrogens is 130 g/mol. The molecule has 1 aliphatic heterocycles. The molecule has 1 aliphatic rings. The van der Waals surface area contributed by atoms with Gasteiger partial charge in [0, 0.05) is 0 Å². The van der Waals surface area contributed by atoms with Gasteiger partial charge in [0.05, 0.1) is 0 Å². The molecule has 0 aromatic carbocycles. The number of halogens is 2. The Morgan fingerprint density at radius 3 is 1.78 bits per heavy atom. The fraction of sp³-hybridized carbons (Fsp3) is 0.600. The summed E-state index contributed by atoms with van der Waals surface area (Å²) >= 11 is 0. The molecule has 2 nitrogen and oxygen atoms in total. The van der Waals surface area contributed by atoms with Gasteiger partial charge in [0.25, 0.3) is 0 Å². The zero-order chi connectivity index (χ0) is 6.74. The zero-order valence-electron chi connectivity index (χ0n) is 4.64. The molecule has 0 radical (unpaired) electrons. The van der Waals surface area contributed by atoms with Crippen LogP contribution < -0.4 is 0 Å². The molecule has 0 bridgehead atoms. The van der Waals surface area contributed by atoms with Gasteiger partial charge >= 0.3 is 5.79 Å². The molecule has 0 unspecified atom stereocenters. The fourth-order valence-corrected chi connectivity index (χ4v) is 0.493. The van der Waals surface area contributed by atoms with Crippen LogP contribution in [0, 0.1) is 0 Å². The highest BCUT2D eigenvalue weighted by Crippen LogP contribution is 2.20. The van der Waals surface area contributed by atoms with Crippen LogP contribution in [0.3, 0.4) is 0 Å². The van der Waals surface area contributed by atoms with E-state index in [1.807, 2.05) is 0 Å². The number of alkyl halides is 2. The van der Waals surface area contributed by atoms with Crippen LogP contribution in [0.5, 0.6) is 0 Å². The minimum absolute atomic E-state index is 0.976. The summed E-state index contributed by atoms with van der Waals surface area (Å²) in [7, 11) is 0. The Labute approximate surface area is 51.1 Å². The summed E-state index contributed by atoms with van der Waals surface area (Å²) in [6.45, 7) is -1.95. The third-order valence-corrected chi connectivity index (χ3v) is 1.03.